The molecule has 0 saturated heterocycles. The first-order valence-electron chi connectivity index (χ1n) is 5.14. The Balaban J connectivity index is 2.52. The summed E-state index contributed by atoms with van der Waals surface area (Å²) in [4.78, 5) is 0. The van der Waals surface area contributed by atoms with Gasteiger partial charge in [0, 0.05) is 0 Å². The quantitative estimate of drug-likeness (QED) is 0.663. The smallest absolute Gasteiger partial charge is 0.0582 e. The first-order valence-corrected chi connectivity index (χ1v) is 5.14. The van der Waals surface area contributed by atoms with Crippen LogP contribution in [0.3, 0.4) is 0 Å². The minimum atomic E-state index is -0.150. The monoisotopic (exact) mass is 182 g/mol. The predicted molar refractivity (Wildman–Crippen MR) is 56.5 cm³/mol. The second-order valence-corrected chi connectivity index (χ2v) is 5.35. The molecule has 0 aromatic heterocycles. The lowest BCUT2D eigenvalue weighted by Gasteiger charge is -2.10. The van der Waals surface area contributed by atoms with Crippen molar-refractivity contribution in [1.82, 2.24) is 0 Å². The first kappa shape index (κ1) is 10.8. The van der Waals surface area contributed by atoms with Crippen LogP contribution in [0.4, 0.5) is 0 Å². The molecule has 1 aliphatic carbocycles. The van der Waals surface area contributed by atoms with Crippen molar-refractivity contribution in [3.8, 4) is 0 Å². The van der Waals surface area contributed by atoms with Crippen molar-refractivity contribution in [3.63, 3.8) is 0 Å². The van der Waals surface area contributed by atoms with Crippen LogP contribution in [0.5, 0.6) is 0 Å². The Morgan fingerprint density at radius 1 is 1.31 bits per heavy atom. The fourth-order valence-corrected chi connectivity index (χ4v) is 2.66. The van der Waals surface area contributed by atoms with Gasteiger partial charge in [0.2, 0.25) is 0 Å². The van der Waals surface area contributed by atoms with Crippen molar-refractivity contribution < 1.29 is 5.11 Å². The summed E-state index contributed by atoms with van der Waals surface area (Å²) >= 11 is 0. The van der Waals surface area contributed by atoms with E-state index in [0.717, 1.165) is 12.8 Å². The number of allylic oxidation sites excluding steroid dienone is 1. The van der Waals surface area contributed by atoms with E-state index in [9.17, 15) is 5.11 Å². The van der Waals surface area contributed by atoms with Gasteiger partial charge in [0.15, 0.2) is 0 Å². The molecule has 1 heteroatoms. The maximum atomic E-state index is 9.94. The van der Waals surface area contributed by atoms with Gasteiger partial charge in [0.1, 0.15) is 0 Å². The van der Waals surface area contributed by atoms with Gasteiger partial charge in [-0.3, -0.25) is 0 Å². The zero-order chi connectivity index (χ0) is 10.3. The van der Waals surface area contributed by atoms with Crippen molar-refractivity contribution >= 4 is 0 Å². The van der Waals surface area contributed by atoms with E-state index in [1.807, 2.05) is 6.08 Å². The Labute approximate surface area is 81.9 Å². The van der Waals surface area contributed by atoms with Crippen LogP contribution in [-0.4, -0.2) is 11.2 Å². The SMILES string of the molecule is C=CCCC(O)C1C(C)(C)C1(C)C. The van der Waals surface area contributed by atoms with Crippen molar-refractivity contribution in [1.29, 1.82) is 0 Å². The van der Waals surface area contributed by atoms with Gasteiger partial charge in [-0.1, -0.05) is 33.8 Å². The van der Waals surface area contributed by atoms with E-state index in [0.29, 0.717) is 16.7 Å². The molecule has 1 N–H and O–H groups in total. The molecule has 0 amide bonds. The zero-order valence-electron chi connectivity index (χ0n) is 9.30. The molecule has 13 heavy (non-hydrogen) atoms. The molecular weight excluding hydrogens is 160 g/mol. The maximum Gasteiger partial charge on any atom is 0.0582 e. The lowest BCUT2D eigenvalue weighted by atomic mass is 10.0. The Bertz CT molecular complexity index is 189. The summed E-state index contributed by atoms with van der Waals surface area (Å²) in [6.07, 6.45) is 3.51. The molecule has 0 aromatic carbocycles. The molecule has 76 valence electrons. The van der Waals surface area contributed by atoms with E-state index in [-0.39, 0.29) is 6.10 Å². The molecule has 1 fully saturated rings. The van der Waals surface area contributed by atoms with Crippen LogP contribution >= 0.6 is 0 Å². The first-order chi connectivity index (χ1) is 5.85. The molecule has 1 aliphatic rings. The lowest BCUT2D eigenvalue weighted by molar-refractivity contribution is 0.121. The van der Waals surface area contributed by atoms with Gasteiger partial charge in [0.25, 0.3) is 0 Å². The third-order valence-electron chi connectivity index (χ3n) is 4.18. The van der Waals surface area contributed by atoms with Crippen molar-refractivity contribution in [2.24, 2.45) is 16.7 Å². The van der Waals surface area contributed by atoms with Crippen LogP contribution in [-0.2, 0) is 0 Å². The standard InChI is InChI=1S/C12H22O/c1-6-7-8-9(13)10-11(2,3)12(10,4)5/h6,9-10,13H,1,7-8H2,2-5H3. The Kier molecular flexibility index (Phi) is 2.59. The fourth-order valence-electron chi connectivity index (χ4n) is 2.66. The zero-order valence-corrected chi connectivity index (χ0v) is 9.30. The van der Waals surface area contributed by atoms with Gasteiger partial charge >= 0.3 is 0 Å². The van der Waals surface area contributed by atoms with Crippen molar-refractivity contribution in [3.05, 3.63) is 12.7 Å². The molecule has 0 radical (unpaired) electrons. The highest BCUT2D eigenvalue weighted by Crippen LogP contribution is 2.69. The normalized spacial score (nSPS) is 26.8. The Morgan fingerprint density at radius 3 is 2.08 bits per heavy atom. The van der Waals surface area contributed by atoms with Gasteiger partial charge in [-0.05, 0) is 29.6 Å². The van der Waals surface area contributed by atoms with E-state index < -0.39 is 0 Å². The number of aliphatic hydroxyl groups excluding tert-OH is 1. The Morgan fingerprint density at radius 2 is 1.77 bits per heavy atom. The molecular formula is C12H22O. The molecule has 1 rings (SSSR count). The molecule has 0 aromatic rings. The topological polar surface area (TPSA) is 20.2 Å². The number of hydrogen-bond acceptors (Lipinski definition) is 1. The molecule has 1 atom stereocenters. The molecule has 1 nitrogen and oxygen atoms in total. The summed E-state index contributed by atoms with van der Waals surface area (Å²) in [5.41, 5.74) is 0.598. The summed E-state index contributed by atoms with van der Waals surface area (Å²) < 4.78 is 0. The highest BCUT2D eigenvalue weighted by Gasteiger charge is 2.66. The summed E-state index contributed by atoms with van der Waals surface area (Å²) in [6.45, 7) is 12.7. The summed E-state index contributed by atoms with van der Waals surface area (Å²) in [5, 5.41) is 9.94. The number of hydrogen-bond donors (Lipinski definition) is 1. The molecule has 0 spiro atoms. The average molecular weight is 182 g/mol. The van der Waals surface area contributed by atoms with Gasteiger partial charge in [-0.2, -0.15) is 0 Å². The second-order valence-electron chi connectivity index (χ2n) is 5.35. The van der Waals surface area contributed by atoms with E-state index in [1.54, 1.807) is 0 Å². The molecule has 1 saturated carbocycles. The molecule has 0 bridgehead atoms. The van der Waals surface area contributed by atoms with Crippen molar-refractivity contribution in [2.45, 2.75) is 46.6 Å². The third-order valence-corrected chi connectivity index (χ3v) is 4.18. The second kappa shape index (κ2) is 3.13. The van der Waals surface area contributed by atoms with E-state index in [4.69, 9.17) is 0 Å². The van der Waals surface area contributed by atoms with Crippen molar-refractivity contribution in [2.75, 3.05) is 0 Å². The van der Waals surface area contributed by atoms with Crippen LogP contribution in [0, 0.1) is 16.7 Å². The third kappa shape index (κ3) is 1.54. The van der Waals surface area contributed by atoms with Crippen LogP contribution in [0.2, 0.25) is 0 Å². The highest BCUT2D eigenvalue weighted by atomic mass is 16.3. The predicted octanol–water partition coefficient (Wildman–Crippen LogP) is 3.00. The largest absolute Gasteiger partial charge is 0.393 e. The molecule has 1 unspecified atom stereocenters. The lowest BCUT2D eigenvalue weighted by Crippen LogP contribution is -2.13. The molecule has 0 aliphatic heterocycles. The Hall–Kier alpha value is -0.300. The van der Waals surface area contributed by atoms with Gasteiger partial charge in [-0.15, -0.1) is 6.58 Å². The van der Waals surface area contributed by atoms with E-state index in [1.165, 1.54) is 0 Å². The fraction of sp³-hybridized carbons (Fsp3) is 0.833. The van der Waals surface area contributed by atoms with Gasteiger partial charge in [0.05, 0.1) is 6.10 Å². The minimum absolute atomic E-state index is 0.150. The maximum absolute atomic E-state index is 9.94. The summed E-state index contributed by atoms with van der Waals surface area (Å²) in [7, 11) is 0. The van der Waals surface area contributed by atoms with Gasteiger partial charge < -0.3 is 5.11 Å². The molecule has 0 heterocycles. The van der Waals surface area contributed by atoms with Crippen LogP contribution in [0.25, 0.3) is 0 Å². The van der Waals surface area contributed by atoms with E-state index >= 15 is 0 Å². The summed E-state index contributed by atoms with van der Waals surface area (Å²) in [6, 6.07) is 0. The number of rotatable bonds is 4. The van der Waals surface area contributed by atoms with E-state index in [2.05, 4.69) is 34.3 Å². The highest BCUT2D eigenvalue weighted by molar-refractivity contribution is 5.14. The van der Waals surface area contributed by atoms with Crippen LogP contribution < -0.4 is 0 Å². The van der Waals surface area contributed by atoms with Crippen LogP contribution in [0.15, 0.2) is 12.7 Å². The summed E-state index contributed by atoms with van der Waals surface area (Å²) in [5.74, 6) is 0.458. The van der Waals surface area contributed by atoms with Crippen LogP contribution in [0.1, 0.15) is 40.5 Å². The number of aliphatic hydroxyl groups is 1. The van der Waals surface area contributed by atoms with Gasteiger partial charge in [-0.25, -0.2) is 0 Å². The minimum Gasteiger partial charge on any atom is -0.393 e. The average Bonchev–Trinajstić information content (AvgIpc) is 2.39.